The van der Waals surface area contributed by atoms with E-state index in [1.807, 2.05) is 0 Å². The Morgan fingerprint density at radius 1 is 1.44 bits per heavy atom. The number of hydrogen-bond donors (Lipinski definition) is 1. The van der Waals surface area contributed by atoms with Gasteiger partial charge in [-0.05, 0) is 35.0 Å². The predicted molar refractivity (Wildman–Crippen MR) is 59.3 cm³/mol. The van der Waals surface area contributed by atoms with Crippen LogP contribution in [0.25, 0.3) is 0 Å². The molecule has 1 aromatic heterocycles. The molecule has 0 saturated heterocycles. The van der Waals surface area contributed by atoms with Crippen molar-refractivity contribution in [2.45, 2.75) is 19.4 Å². The van der Waals surface area contributed by atoms with Crippen molar-refractivity contribution in [1.29, 1.82) is 0 Å². The maximum atomic E-state index is 12.8. The molecule has 2 rings (SSSR count). The molecule has 1 heterocycles. The van der Waals surface area contributed by atoms with Crippen LogP contribution in [-0.2, 0) is 11.2 Å². The first-order valence-electron chi connectivity index (χ1n) is 5.29. The second kappa shape index (κ2) is 4.91. The van der Waals surface area contributed by atoms with Gasteiger partial charge in [0.2, 0.25) is 0 Å². The Balaban J connectivity index is 2.25. The maximum absolute atomic E-state index is 12.8. The van der Waals surface area contributed by atoms with E-state index in [-0.39, 0.29) is 12.2 Å². The van der Waals surface area contributed by atoms with Gasteiger partial charge in [0.15, 0.2) is 6.04 Å². The molecular weight excluding hydrogens is 239 g/mol. The van der Waals surface area contributed by atoms with E-state index in [0.717, 1.165) is 0 Å². The van der Waals surface area contributed by atoms with Crippen LogP contribution in [0.2, 0.25) is 0 Å². The molecule has 1 atom stereocenters. The minimum Gasteiger partial charge on any atom is -0.480 e. The molecule has 0 aliphatic heterocycles. The maximum Gasteiger partial charge on any atom is 0.328 e. The summed E-state index contributed by atoms with van der Waals surface area (Å²) in [5.74, 6) is -0.969. The number of benzene rings is 1. The largest absolute Gasteiger partial charge is 0.480 e. The summed E-state index contributed by atoms with van der Waals surface area (Å²) in [6, 6.07) is 4.78. The third-order valence-electron chi connectivity index (χ3n) is 2.58. The van der Waals surface area contributed by atoms with E-state index in [4.69, 9.17) is 0 Å². The van der Waals surface area contributed by atoms with Gasteiger partial charge in [-0.1, -0.05) is 12.1 Å². The standard InChI is InChI=1S/C11H11FN4O2/c1-7-13-14-15-16(7)10(11(17)18)6-8-2-4-9(12)5-3-8/h2-5,10H,6H2,1H3,(H,17,18). The van der Waals surface area contributed by atoms with Gasteiger partial charge in [0.1, 0.15) is 11.6 Å². The van der Waals surface area contributed by atoms with Gasteiger partial charge in [0, 0.05) is 6.42 Å². The van der Waals surface area contributed by atoms with E-state index in [0.29, 0.717) is 11.4 Å². The van der Waals surface area contributed by atoms with Gasteiger partial charge in [0.05, 0.1) is 0 Å². The molecule has 0 bridgehead atoms. The normalized spacial score (nSPS) is 12.3. The summed E-state index contributed by atoms with van der Waals surface area (Å²) in [5.41, 5.74) is 0.707. The van der Waals surface area contributed by atoms with Crippen LogP contribution in [0.4, 0.5) is 4.39 Å². The van der Waals surface area contributed by atoms with E-state index in [1.54, 1.807) is 19.1 Å². The van der Waals surface area contributed by atoms with Crippen molar-refractivity contribution in [3.63, 3.8) is 0 Å². The molecule has 0 aliphatic rings. The fraction of sp³-hybridized carbons (Fsp3) is 0.273. The first-order chi connectivity index (χ1) is 8.58. The van der Waals surface area contributed by atoms with Crippen LogP contribution in [0.5, 0.6) is 0 Å². The number of hydrogen-bond acceptors (Lipinski definition) is 4. The summed E-state index contributed by atoms with van der Waals surface area (Å²) in [6.45, 7) is 1.63. The van der Waals surface area contributed by atoms with Crippen LogP contribution in [0.1, 0.15) is 17.4 Å². The van der Waals surface area contributed by atoms with Crippen molar-refractivity contribution in [3.8, 4) is 0 Å². The molecule has 6 nitrogen and oxygen atoms in total. The number of aryl methyl sites for hydroxylation is 1. The fourth-order valence-electron chi connectivity index (χ4n) is 1.65. The third kappa shape index (κ3) is 2.50. The second-order valence-electron chi connectivity index (χ2n) is 3.86. The van der Waals surface area contributed by atoms with Gasteiger partial charge in [-0.15, -0.1) is 5.10 Å². The first-order valence-corrected chi connectivity index (χ1v) is 5.29. The number of halogens is 1. The zero-order valence-electron chi connectivity index (χ0n) is 9.62. The number of rotatable bonds is 4. The number of aromatic nitrogens is 4. The van der Waals surface area contributed by atoms with Crippen molar-refractivity contribution >= 4 is 5.97 Å². The lowest BCUT2D eigenvalue weighted by Crippen LogP contribution is -2.23. The number of tetrazole rings is 1. The number of carboxylic acid groups (broad SMARTS) is 1. The smallest absolute Gasteiger partial charge is 0.328 e. The minimum absolute atomic E-state index is 0.196. The van der Waals surface area contributed by atoms with Gasteiger partial charge >= 0.3 is 5.97 Å². The molecule has 0 aliphatic carbocycles. The van der Waals surface area contributed by atoms with Crippen molar-refractivity contribution < 1.29 is 14.3 Å². The predicted octanol–water partition coefficient (Wildman–Crippen LogP) is 0.989. The Morgan fingerprint density at radius 3 is 2.61 bits per heavy atom. The SMILES string of the molecule is Cc1nnnn1C(Cc1ccc(F)cc1)C(=O)O. The molecule has 1 unspecified atom stereocenters. The molecular formula is C11H11FN4O2. The Morgan fingerprint density at radius 2 is 2.11 bits per heavy atom. The van der Waals surface area contributed by atoms with Crippen LogP contribution in [0, 0.1) is 12.7 Å². The molecule has 0 amide bonds. The summed E-state index contributed by atoms with van der Waals surface area (Å²) >= 11 is 0. The number of nitrogens with zero attached hydrogens (tertiary/aromatic N) is 4. The lowest BCUT2D eigenvalue weighted by Gasteiger charge is -2.12. The van der Waals surface area contributed by atoms with Crippen molar-refractivity contribution in [2.75, 3.05) is 0 Å². The van der Waals surface area contributed by atoms with E-state index in [9.17, 15) is 14.3 Å². The lowest BCUT2D eigenvalue weighted by atomic mass is 10.1. The highest BCUT2D eigenvalue weighted by Gasteiger charge is 2.23. The van der Waals surface area contributed by atoms with Crippen molar-refractivity contribution in [3.05, 3.63) is 41.5 Å². The molecule has 1 aromatic carbocycles. The molecule has 0 spiro atoms. The van der Waals surface area contributed by atoms with Crippen molar-refractivity contribution in [1.82, 2.24) is 20.2 Å². The monoisotopic (exact) mass is 250 g/mol. The number of aliphatic carboxylic acids is 1. The minimum atomic E-state index is -1.03. The molecule has 0 radical (unpaired) electrons. The Bertz CT molecular complexity index is 552. The van der Waals surface area contributed by atoms with E-state index >= 15 is 0 Å². The first kappa shape index (κ1) is 12.2. The average Bonchev–Trinajstić information content (AvgIpc) is 2.74. The summed E-state index contributed by atoms with van der Waals surface area (Å²) in [5, 5.41) is 19.9. The van der Waals surface area contributed by atoms with Gasteiger partial charge in [-0.25, -0.2) is 13.9 Å². The van der Waals surface area contributed by atoms with Crippen LogP contribution in [0.3, 0.4) is 0 Å². The van der Waals surface area contributed by atoms with Crippen LogP contribution in [0.15, 0.2) is 24.3 Å². The summed E-state index contributed by atoms with van der Waals surface area (Å²) in [4.78, 5) is 11.2. The number of carboxylic acids is 1. The van der Waals surface area contributed by atoms with Crippen molar-refractivity contribution in [2.24, 2.45) is 0 Å². The molecule has 94 valence electrons. The number of carbonyl (C=O) groups is 1. The molecule has 0 fully saturated rings. The summed E-state index contributed by atoms with van der Waals surface area (Å²) in [7, 11) is 0. The summed E-state index contributed by atoms with van der Waals surface area (Å²) in [6.07, 6.45) is 0.196. The Kier molecular flexibility index (Phi) is 3.31. The zero-order chi connectivity index (χ0) is 13.1. The second-order valence-corrected chi connectivity index (χ2v) is 3.86. The van der Waals surface area contributed by atoms with E-state index in [2.05, 4.69) is 15.5 Å². The van der Waals surface area contributed by atoms with Crippen LogP contribution in [-0.4, -0.2) is 31.3 Å². The lowest BCUT2D eigenvalue weighted by molar-refractivity contribution is -0.141. The van der Waals surface area contributed by atoms with Crippen LogP contribution < -0.4 is 0 Å². The van der Waals surface area contributed by atoms with Crippen LogP contribution >= 0.6 is 0 Å². The van der Waals surface area contributed by atoms with Gasteiger partial charge in [-0.3, -0.25) is 0 Å². The highest BCUT2D eigenvalue weighted by Crippen LogP contribution is 2.15. The Hall–Kier alpha value is -2.31. The van der Waals surface area contributed by atoms with Gasteiger partial charge < -0.3 is 5.11 Å². The van der Waals surface area contributed by atoms with Gasteiger partial charge in [0.25, 0.3) is 0 Å². The van der Waals surface area contributed by atoms with Gasteiger partial charge in [-0.2, -0.15) is 0 Å². The summed E-state index contributed by atoms with van der Waals surface area (Å²) < 4.78 is 14.0. The zero-order valence-corrected chi connectivity index (χ0v) is 9.62. The Labute approximate surface area is 102 Å². The highest BCUT2D eigenvalue weighted by atomic mass is 19.1. The molecule has 18 heavy (non-hydrogen) atoms. The average molecular weight is 250 g/mol. The molecule has 2 aromatic rings. The molecule has 0 saturated carbocycles. The highest BCUT2D eigenvalue weighted by molar-refractivity contribution is 5.72. The topological polar surface area (TPSA) is 80.9 Å². The fourth-order valence-corrected chi connectivity index (χ4v) is 1.65. The molecule has 7 heteroatoms. The molecule has 1 N–H and O–H groups in total. The van der Waals surface area contributed by atoms with E-state index in [1.165, 1.54) is 16.8 Å². The third-order valence-corrected chi connectivity index (χ3v) is 2.58. The quantitative estimate of drug-likeness (QED) is 0.875. The van der Waals surface area contributed by atoms with E-state index < -0.39 is 12.0 Å².